The first-order valence-electron chi connectivity index (χ1n) is 7.42. The first-order chi connectivity index (χ1) is 9.69. The molecule has 0 spiro atoms. The number of ether oxygens (including phenoxy) is 1. The third-order valence-corrected chi connectivity index (χ3v) is 3.75. The van der Waals surface area contributed by atoms with Gasteiger partial charge in [0.2, 0.25) is 0 Å². The summed E-state index contributed by atoms with van der Waals surface area (Å²) in [6.07, 6.45) is 2.19. The molecule has 0 aromatic heterocycles. The molecule has 20 heavy (non-hydrogen) atoms. The van der Waals surface area contributed by atoms with Crippen molar-refractivity contribution in [3.05, 3.63) is 35.4 Å². The first kappa shape index (κ1) is 15.4. The Kier molecular flexibility index (Phi) is 5.98. The maximum atomic E-state index is 10.2. The second-order valence-electron chi connectivity index (χ2n) is 5.74. The SMILES string of the molecule is CN(CCOCC1CC1)CC(O)c1ccc(CN)cc1. The van der Waals surface area contributed by atoms with Crippen LogP contribution in [0.25, 0.3) is 0 Å². The zero-order valence-electron chi connectivity index (χ0n) is 12.3. The van der Waals surface area contributed by atoms with Crippen LogP contribution < -0.4 is 5.73 Å². The zero-order valence-corrected chi connectivity index (χ0v) is 12.3. The Morgan fingerprint density at radius 3 is 2.65 bits per heavy atom. The van der Waals surface area contributed by atoms with Gasteiger partial charge in [-0.25, -0.2) is 0 Å². The third-order valence-electron chi connectivity index (χ3n) is 3.75. The van der Waals surface area contributed by atoms with Crippen molar-refractivity contribution in [2.24, 2.45) is 11.7 Å². The van der Waals surface area contributed by atoms with Gasteiger partial charge in [0, 0.05) is 26.2 Å². The van der Waals surface area contributed by atoms with Gasteiger partial charge in [-0.05, 0) is 36.9 Å². The van der Waals surface area contributed by atoms with Crippen molar-refractivity contribution < 1.29 is 9.84 Å². The van der Waals surface area contributed by atoms with Gasteiger partial charge in [0.1, 0.15) is 0 Å². The Morgan fingerprint density at radius 1 is 1.35 bits per heavy atom. The summed E-state index contributed by atoms with van der Waals surface area (Å²) < 4.78 is 5.61. The Bertz CT molecular complexity index is 390. The van der Waals surface area contributed by atoms with Crippen molar-refractivity contribution in [3.8, 4) is 0 Å². The lowest BCUT2D eigenvalue weighted by Crippen LogP contribution is -2.28. The van der Waals surface area contributed by atoms with Gasteiger partial charge >= 0.3 is 0 Å². The Hall–Kier alpha value is -0.940. The van der Waals surface area contributed by atoms with Gasteiger partial charge in [0.05, 0.1) is 12.7 Å². The molecule has 1 aromatic carbocycles. The topological polar surface area (TPSA) is 58.7 Å². The molecule has 0 heterocycles. The van der Waals surface area contributed by atoms with Gasteiger partial charge in [-0.2, -0.15) is 0 Å². The molecule has 1 unspecified atom stereocenters. The Balaban J connectivity index is 1.67. The minimum atomic E-state index is -0.463. The smallest absolute Gasteiger partial charge is 0.0916 e. The Labute approximate surface area is 121 Å². The van der Waals surface area contributed by atoms with E-state index in [1.54, 1.807) is 0 Å². The van der Waals surface area contributed by atoms with Crippen molar-refractivity contribution in [2.45, 2.75) is 25.5 Å². The van der Waals surface area contributed by atoms with Gasteiger partial charge in [0.25, 0.3) is 0 Å². The summed E-state index contributed by atoms with van der Waals surface area (Å²) in [6.45, 7) is 3.65. The summed E-state index contributed by atoms with van der Waals surface area (Å²) in [5, 5.41) is 10.2. The van der Waals surface area contributed by atoms with E-state index >= 15 is 0 Å². The molecule has 1 aromatic rings. The van der Waals surface area contributed by atoms with Crippen molar-refractivity contribution in [3.63, 3.8) is 0 Å². The van der Waals surface area contributed by atoms with Gasteiger partial charge in [-0.3, -0.25) is 0 Å². The molecule has 3 N–H and O–H groups in total. The summed E-state index contributed by atoms with van der Waals surface area (Å²) in [5.41, 5.74) is 7.59. The maximum Gasteiger partial charge on any atom is 0.0916 e. The summed E-state index contributed by atoms with van der Waals surface area (Å²) in [5.74, 6) is 0.812. The summed E-state index contributed by atoms with van der Waals surface area (Å²) in [4.78, 5) is 2.11. The number of hydrogen-bond acceptors (Lipinski definition) is 4. The number of likely N-dealkylation sites (N-methyl/N-ethyl adjacent to an activating group) is 1. The predicted molar refractivity (Wildman–Crippen MR) is 80.3 cm³/mol. The highest BCUT2D eigenvalue weighted by atomic mass is 16.5. The van der Waals surface area contributed by atoms with Crippen molar-refractivity contribution in [1.29, 1.82) is 0 Å². The molecule has 1 aliphatic rings. The number of benzene rings is 1. The average molecular weight is 278 g/mol. The number of nitrogens with two attached hydrogens (primary N) is 1. The number of nitrogens with zero attached hydrogens (tertiary/aromatic N) is 1. The molecule has 0 bridgehead atoms. The molecule has 4 nitrogen and oxygen atoms in total. The number of aliphatic hydroxyl groups is 1. The van der Waals surface area contributed by atoms with Crippen LogP contribution in [0, 0.1) is 5.92 Å². The normalized spacial score (nSPS) is 16.6. The van der Waals surface area contributed by atoms with E-state index in [4.69, 9.17) is 10.5 Å². The molecule has 0 aliphatic heterocycles. The fourth-order valence-corrected chi connectivity index (χ4v) is 2.12. The number of hydrogen-bond donors (Lipinski definition) is 2. The molecule has 1 atom stereocenters. The quantitative estimate of drug-likeness (QED) is 0.673. The fraction of sp³-hybridized carbons (Fsp3) is 0.625. The predicted octanol–water partition coefficient (Wildman–Crippen LogP) is 1.54. The molecule has 0 saturated heterocycles. The lowest BCUT2D eigenvalue weighted by molar-refractivity contribution is 0.0794. The fourth-order valence-electron chi connectivity index (χ4n) is 2.12. The lowest BCUT2D eigenvalue weighted by Gasteiger charge is -2.21. The molecule has 112 valence electrons. The minimum absolute atomic E-state index is 0.463. The van der Waals surface area contributed by atoms with E-state index in [1.165, 1.54) is 12.8 Å². The molecule has 4 heteroatoms. The molecule has 1 aliphatic carbocycles. The van der Waals surface area contributed by atoms with E-state index in [-0.39, 0.29) is 0 Å². The summed E-state index contributed by atoms with van der Waals surface area (Å²) >= 11 is 0. The molecular formula is C16H26N2O2. The van der Waals surface area contributed by atoms with Crippen LogP contribution in [0.4, 0.5) is 0 Å². The van der Waals surface area contributed by atoms with Crippen LogP contribution in [-0.2, 0) is 11.3 Å². The van der Waals surface area contributed by atoms with Crippen LogP contribution in [0.1, 0.15) is 30.1 Å². The van der Waals surface area contributed by atoms with Crippen LogP contribution in [-0.4, -0.2) is 43.4 Å². The van der Waals surface area contributed by atoms with Gasteiger partial charge in [-0.1, -0.05) is 24.3 Å². The van der Waals surface area contributed by atoms with Crippen molar-refractivity contribution in [2.75, 3.05) is 33.4 Å². The second kappa shape index (κ2) is 7.74. The van der Waals surface area contributed by atoms with E-state index in [2.05, 4.69) is 4.90 Å². The van der Waals surface area contributed by atoms with Crippen LogP contribution in [0.2, 0.25) is 0 Å². The number of rotatable bonds is 9. The van der Waals surface area contributed by atoms with E-state index in [0.29, 0.717) is 13.1 Å². The van der Waals surface area contributed by atoms with Gasteiger partial charge in [0.15, 0.2) is 0 Å². The Morgan fingerprint density at radius 2 is 2.05 bits per heavy atom. The zero-order chi connectivity index (χ0) is 14.4. The van der Waals surface area contributed by atoms with Crippen LogP contribution in [0.5, 0.6) is 0 Å². The monoisotopic (exact) mass is 278 g/mol. The van der Waals surface area contributed by atoms with E-state index < -0.39 is 6.10 Å². The molecule has 0 radical (unpaired) electrons. The minimum Gasteiger partial charge on any atom is -0.387 e. The largest absolute Gasteiger partial charge is 0.387 e. The molecular weight excluding hydrogens is 252 g/mol. The molecule has 0 amide bonds. The summed E-state index contributed by atoms with van der Waals surface area (Å²) in [7, 11) is 2.01. The maximum absolute atomic E-state index is 10.2. The van der Waals surface area contributed by atoms with Crippen LogP contribution in [0.3, 0.4) is 0 Å². The van der Waals surface area contributed by atoms with Crippen LogP contribution in [0.15, 0.2) is 24.3 Å². The highest BCUT2D eigenvalue weighted by Crippen LogP contribution is 2.28. The van der Waals surface area contributed by atoms with Crippen molar-refractivity contribution >= 4 is 0 Å². The first-order valence-corrected chi connectivity index (χ1v) is 7.42. The van der Waals surface area contributed by atoms with Crippen LogP contribution >= 0.6 is 0 Å². The second-order valence-corrected chi connectivity index (χ2v) is 5.74. The average Bonchev–Trinajstić information content (AvgIpc) is 3.28. The summed E-state index contributed by atoms with van der Waals surface area (Å²) in [6, 6.07) is 7.84. The van der Waals surface area contributed by atoms with Gasteiger partial charge < -0.3 is 20.5 Å². The molecule has 2 rings (SSSR count). The van der Waals surface area contributed by atoms with E-state index in [9.17, 15) is 5.11 Å². The third kappa shape index (κ3) is 5.21. The molecule has 1 saturated carbocycles. The molecule has 1 fully saturated rings. The highest BCUT2D eigenvalue weighted by molar-refractivity contribution is 5.24. The van der Waals surface area contributed by atoms with Gasteiger partial charge in [-0.15, -0.1) is 0 Å². The standard InChI is InChI=1S/C16H26N2O2/c1-18(8-9-20-12-14-2-3-14)11-16(19)15-6-4-13(10-17)5-7-15/h4-7,14,16,19H,2-3,8-12,17H2,1H3. The lowest BCUT2D eigenvalue weighted by atomic mass is 10.1. The van der Waals surface area contributed by atoms with E-state index in [1.807, 2.05) is 31.3 Å². The van der Waals surface area contributed by atoms with Crippen molar-refractivity contribution in [1.82, 2.24) is 4.90 Å². The number of aliphatic hydroxyl groups excluding tert-OH is 1. The highest BCUT2D eigenvalue weighted by Gasteiger charge is 2.21. The van der Waals surface area contributed by atoms with E-state index in [0.717, 1.165) is 36.8 Å².